The smallest absolute Gasteiger partial charge is 0.121 e. The quantitative estimate of drug-likeness (QED) is 0.251. The van der Waals surface area contributed by atoms with Gasteiger partial charge in [-0.05, 0) is 0 Å². The van der Waals surface area contributed by atoms with Crippen LogP contribution in [-0.2, 0) is 0 Å². The van der Waals surface area contributed by atoms with Gasteiger partial charge in [0, 0.05) is 6.42 Å². The number of rotatable bonds is 4. The summed E-state index contributed by atoms with van der Waals surface area (Å²) in [6, 6.07) is 0. The van der Waals surface area contributed by atoms with E-state index in [1.165, 1.54) is 0 Å². The van der Waals surface area contributed by atoms with Crippen molar-refractivity contribution >= 4 is 5.84 Å². The number of nitrogens with two attached hydrogens (primary N) is 2. The Hall–Kier alpha value is -0.840. The van der Waals surface area contributed by atoms with Crippen molar-refractivity contribution in [2.45, 2.75) is 13.3 Å². The van der Waals surface area contributed by atoms with Gasteiger partial charge in [-0.1, -0.05) is 6.92 Å². The third-order valence-electron chi connectivity index (χ3n) is 0.933. The summed E-state index contributed by atoms with van der Waals surface area (Å²) >= 11 is 0. The first-order valence-electron chi connectivity index (χ1n) is 3.11. The topological polar surface area (TPSA) is 67.6 Å². The molecule has 0 radical (unpaired) electrons. The van der Waals surface area contributed by atoms with Gasteiger partial charge in [-0.3, -0.25) is 0 Å². The third-order valence-corrected chi connectivity index (χ3v) is 0.933. The normalized spacial score (nSPS) is 11.7. The molecule has 0 aromatic heterocycles. The van der Waals surface area contributed by atoms with E-state index in [9.17, 15) is 4.39 Å². The van der Waals surface area contributed by atoms with E-state index < -0.39 is 6.67 Å². The highest BCUT2D eigenvalue weighted by Gasteiger charge is 1.92. The molecule has 0 bridgehead atoms. The number of hydrogen-bond acceptors (Lipinski definition) is 3. The molecule has 0 aliphatic rings. The van der Waals surface area contributed by atoms with Crippen LogP contribution in [0.4, 0.5) is 4.39 Å². The number of halogens is 1. The van der Waals surface area contributed by atoms with Crippen molar-refractivity contribution in [1.82, 2.24) is 5.12 Å². The zero-order valence-corrected chi connectivity index (χ0v) is 6.05. The van der Waals surface area contributed by atoms with E-state index in [0.717, 1.165) is 5.12 Å². The highest BCUT2D eigenvalue weighted by atomic mass is 19.1. The fourth-order valence-electron chi connectivity index (χ4n) is 0.372. The van der Waals surface area contributed by atoms with Crippen LogP contribution in [0.5, 0.6) is 0 Å². The van der Waals surface area contributed by atoms with Crippen LogP contribution in [0.15, 0.2) is 5.10 Å². The second kappa shape index (κ2) is 4.99. The second-order valence-corrected chi connectivity index (χ2v) is 1.80. The Balaban J connectivity index is 3.62. The maximum absolute atomic E-state index is 11.6. The van der Waals surface area contributed by atoms with Gasteiger partial charge in [0.05, 0.1) is 6.54 Å². The van der Waals surface area contributed by atoms with Crippen molar-refractivity contribution in [3.8, 4) is 0 Å². The fraction of sp³-hybridized carbons (Fsp3) is 0.800. The Morgan fingerprint density at radius 2 is 2.30 bits per heavy atom. The summed E-state index contributed by atoms with van der Waals surface area (Å²) in [6.07, 6.45) is 0.625. The summed E-state index contributed by atoms with van der Waals surface area (Å²) in [5, 5.41) is 4.65. The second-order valence-electron chi connectivity index (χ2n) is 1.80. The highest BCUT2D eigenvalue weighted by molar-refractivity contribution is 5.79. The first-order chi connectivity index (χ1) is 4.70. The number of hydrazine groups is 1. The van der Waals surface area contributed by atoms with Crippen LogP contribution in [0.2, 0.25) is 0 Å². The van der Waals surface area contributed by atoms with Crippen molar-refractivity contribution in [3.63, 3.8) is 0 Å². The number of hydrazone groups is 1. The third kappa shape index (κ3) is 4.08. The van der Waals surface area contributed by atoms with Crippen LogP contribution in [0, 0.1) is 0 Å². The molecule has 0 aromatic rings. The SMILES string of the molecule is CC/C(N)=N/N(N)CCF. The number of hydrogen-bond donors (Lipinski definition) is 2. The molecule has 0 aromatic carbocycles. The minimum absolute atomic E-state index is 0.0840. The van der Waals surface area contributed by atoms with Gasteiger partial charge in [0.15, 0.2) is 0 Å². The lowest BCUT2D eigenvalue weighted by Crippen LogP contribution is -2.30. The molecule has 0 saturated carbocycles. The molecule has 0 aliphatic heterocycles. The van der Waals surface area contributed by atoms with Crippen molar-refractivity contribution in [1.29, 1.82) is 0 Å². The summed E-state index contributed by atoms with van der Waals surface area (Å²) in [5.74, 6) is 5.60. The number of alkyl halides is 1. The van der Waals surface area contributed by atoms with Crippen LogP contribution in [-0.4, -0.2) is 24.2 Å². The van der Waals surface area contributed by atoms with E-state index in [0.29, 0.717) is 12.3 Å². The molecule has 4 nitrogen and oxygen atoms in total. The maximum Gasteiger partial charge on any atom is 0.121 e. The fourth-order valence-corrected chi connectivity index (χ4v) is 0.372. The van der Waals surface area contributed by atoms with E-state index in [4.69, 9.17) is 11.6 Å². The summed E-state index contributed by atoms with van der Waals surface area (Å²) < 4.78 is 11.6. The van der Waals surface area contributed by atoms with Crippen molar-refractivity contribution in [3.05, 3.63) is 0 Å². The van der Waals surface area contributed by atoms with Crippen molar-refractivity contribution in [2.24, 2.45) is 16.7 Å². The lowest BCUT2D eigenvalue weighted by atomic mass is 10.5. The molecule has 0 spiro atoms. The summed E-state index contributed by atoms with van der Waals surface area (Å²) in [4.78, 5) is 0. The molecule has 10 heavy (non-hydrogen) atoms. The molecule has 5 heteroatoms. The van der Waals surface area contributed by atoms with Gasteiger partial charge < -0.3 is 5.73 Å². The van der Waals surface area contributed by atoms with Gasteiger partial charge in [-0.15, -0.1) is 5.10 Å². The lowest BCUT2D eigenvalue weighted by molar-refractivity contribution is 0.265. The van der Waals surface area contributed by atoms with Crippen LogP contribution in [0.1, 0.15) is 13.3 Å². The zero-order chi connectivity index (χ0) is 7.98. The number of amidine groups is 1. The number of nitrogens with zero attached hydrogens (tertiary/aromatic N) is 2. The highest BCUT2D eigenvalue weighted by Crippen LogP contribution is 1.82. The molecule has 60 valence electrons. The standard InChI is InChI=1S/C5H13FN4/c1-2-5(7)9-10(8)4-3-6/h2-4,8H2,1H3,(H2,7,9). The average Bonchev–Trinajstić information content (AvgIpc) is 1.88. The minimum atomic E-state index is -0.517. The average molecular weight is 148 g/mol. The van der Waals surface area contributed by atoms with Crippen LogP contribution in [0.25, 0.3) is 0 Å². The lowest BCUT2D eigenvalue weighted by Gasteiger charge is -2.09. The molecule has 0 saturated heterocycles. The Bertz CT molecular complexity index is 114. The molecule has 0 heterocycles. The predicted octanol–water partition coefficient (Wildman–Crippen LogP) is -0.186. The molecule has 0 unspecified atom stereocenters. The van der Waals surface area contributed by atoms with E-state index >= 15 is 0 Å². The summed E-state index contributed by atoms with van der Waals surface area (Å²) in [7, 11) is 0. The zero-order valence-electron chi connectivity index (χ0n) is 6.05. The molecule has 4 N–H and O–H groups in total. The van der Waals surface area contributed by atoms with Gasteiger partial charge in [-0.2, -0.15) is 0 Å². The molecule has 0 aliphatic carbocycles. The Morgan fingerprint density at radius 3 is 2.70 bits per heavy atom. The molecular formula is C5H13FN4. The van der Waals surface area contributed by atoms with E-state index in [2.05, 4.69) is 5.10 Å². The van der Waals surface area contributed by atoms with Gasteiger partial charge in [0.1, 0.15) is 12.5 Å². The molecule has 0 atom stereocenters. The van der Waals surface area contributed by atoms with Gasteiger partial charge in [-0.25, -0.2) is 15.4 Å². The van der Waals surface area contributed by atoms with Gasteiger partial charge >= 0.3 is 0 Å². The van der Waals surface area contributed by atoms with E-state index in [-0.39, 0.29) is 6.54 Å². The molecule has 0 fully saturated rings. The molecule has 0 amide bonds. The Kier molecular flexibility index (Phi) is 4.57. The first-order valence-corrected chi connectivity index (χ1v) is 3.11. The summed E-state index contributed by atoms with van der Waals surface area (Å²) in [6.45, 7) is 1.42. The van der Waals surface area contributed by atoms with Gasteiger partial charge in [0.2, 0.25) is 0 Å². The van der Waals surface area contributed by atoms with E-state index in [1.807, 2.05) is 6.92 Å². The molecule has 0 rings (SSSR count). The largest absolute Gasteiger partial charge is 0.386 e. The maximum atomic E-state index is 11.6. The van der Waals surface area contributed by atoms with Crippen molar-refractivity contribution in [2.75, 3.05) is 13.2 Å². The molecular weight excluding hydrogens is 135 g/mol. The minimum Gasteiger partial charge on any atom is -0.386 e. The predicted molar refractivity (Wildman–Crippen MR) is 38.8 cm³/mol. The van der Waals surface area contributed by atoms with Gasteiger partial charge in [0.25, 0.3) is 0 Å². The van der Waals surface area contributed by atoms with E-state index in [1.54, 1.807) is 0 Å². The van der Waals surface area contributed by atoms with Crippen LogP contribution >= 0.6 is 0 Å². The Morgan fingerprint density at radius 1 is 1.70 bits per heavy atom. The van der Waals surface area contributed by atoms with Crippen molar-refractivity contribution < 1.29 is 4.39 Å². The van der Waals surface area contributed by atoms with Crippen LogP contribution in [0.3, 0.4) is 0 Å². The summed E-state index contributed by atoms with van der Waals surface area (Å²) in [5.41, 5.74) is 5.31. The van der Waals surface area contributed by atoms with Crippen LogP contribution < -0.4 is 11.6 Å². The monoisotopic (exact) mass is 148 g/mol. The first kappa shape index (κ1) is 9.16. The Labute approximate surface area is 59.6 Å².